The maximum Gasteiger partial charge on any atom is 0.304 e. The Bertz CT molecular complexity index is 1210. The predicted octanol–water partition coefficient (Wildman–Crippen LogP) is 4.64. The third-order valence-electron chi connectivity index (χ3n) is 5.96. The molecular weight excluding hydrogens is 392 g/mol. The molecule has 1 N–H and O–H groups in total. The molecule has 0 radical (unpaired) electrons. The van der Waals surface area contributed by atoms with Crippen molar-refractivity contribution in [2.24, 2.45) is 0 Å². The van der Waals surface area contributed by atoms with Gasteiger partial charge in [0, 0.05) is 29.3 Å². The number of rotatable bonds is 5. The van der Waals surface area contributed by atoms with E-state index in [2.05, 4.69) is 17.1 Å². The molecule has 2 atom stereocenters. The molecule has 1 aliphatic heterocycles. The van der Waals surface area contributed by atoms with Crippen molar-refractivity contribution in [3.8, 4) is 28.8 Å². The van der Waals surface area contributed by atoms with Crippen molar-refractivity contribution in [1.82, 2.24) is 4.98 Å². The molecule has 0 fully saturated rings. The van der Waals surface area contributed by atoms with E-state index in [0.29, 0.717) is 29.4 Å². The van der Waals surface area contributed by atoms with Crippen LogP contribution in [0.25, 0.3) is 11.3 Å². The van der Waals surface area contributed by atoms with E-state index in [0.717, 1.165) is 29.5 Å². The number of pyridine rings is 1. The van der Waals surface area contributed by atoms with Gasteiger partial charge in [-0.05, 0) is 42.2 Å². The van der Waals surface area contributed by atoms with Crippen LogP contribution in [0.15, 0.2) is 54.7 Å². The van der Waals surface area contributed by atoms with Crippen molar-refractivity contribution in [2.75, 3.05) is 6.61 Å². The van der Waals surface area contributed by atoms with Crippen LogP contribution in [0.1, 0.15) is 47.1 Å². The second kappa shape index (κ2) is 7.77. The first-order valence-electron chi connectivity index (χ1n) is 10.3. The molecule has 154 valence electrons. The van der Waals surface area contributed by atoms with Crippen LogP contribution in [-0.4, -0.2) is 22.7 Å². The van der Waals surface area contributed by atoms with Gasteiger partial charge in [-0.3, -0.25) is 9.78 Å². The topological polar surface area (TPSA) is 92.4 Å². The van der Waals surface area contributed by atoms with Crippen molar-refractivity contribution in [1.29, 1.82) is 5.26 Å². The Hall–Kier alpha value is -3.85. The predicted molar refractivity (Wildman–Crippen MR) is 113 cm³/mol. The van der Waals surface area contributed by atoms with Gasteiger partial charge in [0.25, 0.3) is 0 Å². The van der Waals surface area contributed by atoms with Crippen LogP contribution in [0.3, 0.4) is 0 Å². The smallest absolute Gasteiger partial charge is 0.304 e. The summed E-state index contributed by atoms with van der Waals surface area (Å²) in [7, 11) is 0. The van der Waals surface area contributed by atoms with Gasteiger partial charge >= 0.3 is 5.97 Å². The summed E-state index contributed by atoms with van der Waals surface area (Å²) in [6.45, 7) is 0.381. The van der Waals surface area contributed by atoms with Crippen LogP contribution >= 0.6 is 0 Å². The summed E-state index contributed by atoms with van der Waals surface area (Å²) in [5, 5.41) is 18.5. The van der Waals surface area contributed by atoms with E-state index in [1.165, 1.54) is 5.56 Å². The number of fused-ring (bicyclic) bond motifs is 2. The Morgan fingerprint density at radius 3 is 2.97 bits per heavy atom. The van der Waals surface area contributed by atoms with Crippen molar-refractivity contribution >= 4 is 5.97 Å². The summed E-state index contributed by atoms with van der Waals surface area (Å²) in [4.78, 5) is 15.5. The van der Waals surface area contributed by atoms with Gasteiger partial charge in [-0.2, -0.15) is 5.26 Å². The first-order chi connectivity index (χ1) is 15.1. The number of carboxylic acids is 1. The molecule has 2 heterocycles. The van der Waals surface area contributed by atoms with Crippen molar-refractivity contribution in [3.05, 3.63) is 77.0 Å². The number of ether oxygens (including phenoxy) is 2. The van der Waals surface area contributed by atoms with Crippen LogP contribution in [0.5, 0.6) is 11.5 Å². The van der Waals surface area contributed by atoms with E-state index in [4.69, 9.17) is 14.6 Å². The minimum absolute atomic E-state index is 0.0597. The standard InChI is InChI=1S/C25H20N2O4/c26-13-15-3-2-10-27-25(15)21-5-1-4-20-19(21)8-9-22(20)31-17-6-7-18-16(11-24(28)29)14-30-23(18)12-17/h1-7,10,12,16,22H,8-9,11,14H2,(H,28,29). The highest BCUT2D eigenvalue weighted by Crippen LogP contribution is 2.43. The highest BCUT2D eigenvalue weighted by Gasteiger charge is 2.30. The molecule has 2 aliphatic rings. The molecule has 3 aromatic rings. The molecule has 6 heteroatoms. The zero-order valence-electron chi connectivity index (χ0n) is 16.7. The Labute approximate surface area is 179 Å². The SMILES string of the molecule is N#Cc1cccnc1-c1cccc2c1CCC2Oc1ccc2c(c1)OCC2CC(=O)O. The average molecular weight is 412 g/mol. The molecule has 0 spiro atoms. The van der Waals surface area contributed by atoms with E-state index >= 15 is 0 Å². The lowest BCUT2D eigenvalue weighted by Crippen LogP contribution is -2.07. The fraction of sp³-hybridized carbons (Fsp3) is 0.240. The molecule has 1 aromatic heterocycles. The number of benzene rings is 2. The summed E-state index contributed by atoms with van der Waals surface area (Å²) < 4.78 is 12.0. The fourth-order valence-electron chi connectivity index (χ4n) is 4.55. The van der Waals surface area contributed by atoms with Crippen LogP contribution in [0.2, 0.25) is 0 Å². The highest BCUT2D eigenvalue weighted by atomic mass is 16.5. The number of aliphatic carboxylic acids is 1. The quantitative estimate of drug-likeness (QED) is 0.656. The van der Waals surface area contributed by atoms with Crippen molar-refractivity contribution in [3.63, 3.8) is 0 Å². The normalized spacial score (nSPS) is 18.5. The maximum absolute atomic E-state index is 11.0. The molecule has 0 saturated heterocycles. The maximum atomic E-state index is 11.0. The molecule has 2 aromatic carbocycles. The van der Waals surface area contributed by atoms with E-state index in [1.54, 1.807) is 18.3 Å². The molecule has 2 unspecified atom stereocenters. The zero-order valence-corrected chi connectivity index (χ0v) is 16.7. The first kappa shape index (κ1) is 19.1. The van der Waals surface area contributed by atoms with Crippen LogP contribution in [0, 0.1) is 11.3 Å². The number of nitriles is 1. The highest BCUT2D eigenvalue weighted by molar-refractivity contribution is 5.72. The van der Waals surface area contributed by atoms with Gasteiger partial charge in [0.15, 0.2) is 0 Å². The van der Waals surface area contributed by atoms with Crippen molar-refractivity contribution in [2.45, 2.75) is 31.3 Å². The van der Waals surface area contributed by atoms with E-state index in [9.17, 15) is 10.1 Å². The van der Waals surface area contributed by atoms with Gasteiger partial charge < -0.3 is 14.6 Å². The van der Waals surface area contributed by atoms with Crippen molar-refractivity contribution < 1.29 is 19.4 Å². The molecule has 0 saturated carbocycles. The Morgan fingerprint density at radius 1 is 1.23 bits per heavy atom. The number of hydrogen-bond acceptors (Lipinski definition) is 5. The Balaban J connectivity index is 1.41. The van der Waals surface area contributed by atoms with Gasteiger partial charge in [0.2, 0.25) is 0 Å². The second-order valence-corrected chi connectivity index (χ2v) is 7.84. The molecule has 5 rings (SSSR count). The second-order valence-electron chi connectivity index (χ2n) is 7.84. The van der Waals surface area contributed by atoms with Gasteiger partial charge in [-0.25, -0.2) is 0 Å². The molecule has 0 amide bonds. The average Bonchev–Trinajstić information content (AvgIpc) is 3.37. The van der Waals surface area contributed by atoms with E-state index in [1.807, 2.05) is 30.3 Å². The van der Waals surface area contributed by atoms with E-state index < -0.39 is 5.97 Å². The van der Waals surface area contributed by atoms with Crippen LogP contribution in [-0.2, 0) is 11.2 Å². The monoisotopic (exact) mass is 412 g/mol. The summed E-state index contributed by atoms with van der Waals surface area (Å²) in [5.41, 5.74) is 5.45. The van der Waals surface area contributed by atoms with Gasteiger partial charge in [-0.1, -0.05) is 24.3 Å². The number of carboxylic acid groups (broad SMARTS) is 1. The molecular formula is C25H20N2O4. The first-order valence-corrected chi connectivity index (χ1v) is 10.3. The van der Waals surface area contributed by atoms with Gasteiger partial charge in [-0.15, -0.1) is 0 Å². The third-order valence-corrected chi connectivity index (χ3v) is 5.96. The number of aromatic nitrogens is 1. The minimum atomic E-state index is -0.826. The summed E-state index contributed by atoms with van der Waals surface area (Å²) in [5.74, 6) is 0.452. The summed E-state index contributed by atoms with van der Waals surface area (Å²) in [6, 6.07) is 17.5. The lowest BCUT2D eigenvalue weighted by Gasteiger charge is -2.16. The van der Waals surface area contributed by atoms with E-state index in [-0.39, 0.29) is 18.4 Å². The zero-order chi connectivity index (χ0) is 21.4. The summed E-state index contributed by atoms with van der Waals surface area (Å²) >= 11 is 0. The Kier molecular flexibility index (Phi) is 4.79. The summed E-state index contributed by atoms with van der Waals surface area (Å²) in [6.07, 6.45) is 3.35. The number of hydrogen-bond donors (Lipinski definition) is 1. The van der Waals surface area contributed by atoms with Gasteiger partial charge in [0.05, 0.1) is 24.3 Å². The van der Waals surface area contributed by atoms with Gasteiger partial charge in [0.1, 0.15) is 23.7 Å². The lowest BCUT2D eigenvalue weighted by atomic mass is 9.97. The molecule has 0 bridgehead atoms. The molecule has 6 nitrogen and oxygen atoms in total. The Morgan fingerprint density at radius 2 is 2.13 bits per heavy atom. The van der Waals surface area contributed by atoms with Crippen LogP contribution in [0.4, 0.5) is 0 Å². The largest absolute Gasteiger partial charge is 0.492 e. The number of nitrogens with zero attached hydrogens (tertiary/aromatic N) is 2. The van der Waals surface area contributed by atoms with Crippen LogP contribution < -0.4 is 9.47 Å². The molecule has 31 heavy (non-hydrogen) atoms. The number of carbonyl (C=O) groups is 1. The molecule has 1 aliphatic carbocycles. The third kappa shape index (κ3) is 3.49. The minimum Gasteiger partial charge on any atom is -0.492 e. The lowest BCUT2D eigenvalue weighted by molar-refractivity contribution is -0.137. The fourth-order valence-corrected chi connectivity index (χ4v) is 4.55.